The molecule has 0 spiro atoms. The number of benzene rings is 3. The summed E-state index contributed by atoms with van der Waals surface area (Å²) in [4.78, 5) is 38.8. The van der Waals surface area contributed by atoms with Gasteiger partial charge in [-0.2, -0.15) is 0 Å². The van der Waals surface area contributed by atoms with Crippen molar-refractivity contribution in [2.24, 2.45) is 7.05 Å². The molecule has 2 aromatic heterocycles. The lowest BCUT2D eigenvalue weighted by Gasteiger charge is -2.18. The Morgan fingerprint density at radius 3 is 2.44 bits per heavy atom. The Labute approximate surface area is 245 Å². The number of fused-ring (bicyclic) bond motifs is 1. The van der Waals surface area contributed by atoms with Gasteiger partial charge in [0, 0.05) is 24.3 Å². The number of aromatic nitrogens is 2. The van der Waals surface area contributed by atoms with Crippen molar-refractivity contribution in [3.63, 3.8) is 0 Å². The highest BCUT2D eigenvalue weighted by Crippen LogP contribution is 2.23. The van der Waals surface area contributed by atoms with Gasteiger partial charge in [0.15, 0.2) is 11.4 Å². The van der Waals surface area contributed by atoms with Crippen LogP contribution in [-0.4, -0.2) is 14.9 Å². The molecule has 0 amide bonds. The predicted octanol–water partition coefficient (Wildman–Crippen LogP) is 5.23. The SMILES string of the molecule is Cn1c(=O)oc2cc(Cn3c(=O)/c(=C/c4c(F)ccc(Br)c4F)s/c3=C\C(=O)c3ccc(C(C)(C)C)cc3)ccc21. The minimum atomic E-state index is -0.838. The Morgan fingerprint density at radius 1 is 1.05 bits per heavy atom. The summed E-state index contributed by atoms with van der Waals surface area (Å²) in [6.07, 6.45) is 2.50. The minimum Gasteiger partial charge on any atom is -0.408 e. The molecule has 0 bridgehead atoms. The molecule has 0 aliphatic rings. The second-order valence-electron chi connectivity index (χ2n) is 10.7. The maximum atomic E-state index is 14.7. The number of hydrogen-bond acceptors (Lipinski definition) is 5. The van der Waals surface area contributed by atoms with Gasteiger partial charge in [-0.3, -0.25) is 18.7 Å². The van der Waals surface area contributed by atoms with E-state index in [0.717, 1.165) is 29.0 Å². The van der Waals surface area contributed by atoms with Crippen LogP contribution in [0.2, 0.25) is 0 Å². The lowest BCUT2D eigenvalue weighted by Crippen LogP contribution is -2.32. The largest absolute Gasteiger partial charge is 0.419 e. The Kier molecular flexibility index (Phi) is 7.56. The maximum Gasteiger partial charge on any atom is 0.419 e. The molecule has 0 saturated carbocycles. The highest BCUT2D eigenvalue weighted by Gasteiger charge is 2.16. The van der Waals surface area contributed by atoms with Gasteiger partial charge in [-0.25, -0.2) is 13.6 Å². The molecule has 0 saturated heterocycles. The standard InChI is InChI=1S/C31H25BrF2N2O4S/c1-31(2,3)19-8-6-18(7-9-19)24(37)15-27-36(16-17-5-12-23-25(13-17)40-30(39)35(23)4)29(38)26(41-27)14-20-22(33)11-10-21(32)28(20)34/h5-15H,16H2,1-4H3/b26-14-,27-15-. The quantitative estimate of drug-likeness (QED) is 0.195. The number of nitrogens with zero attached hydrogens (tertiary/aromatic N) is 2. The molecule has 0 N–H and O–H groups in total. The first-order chi connectivity index (χ1) is 19.3. The molecule has 2 heterocycles. The average molecular weight is 640 g/mol. The first-order valence-corrected chi connectivity index (χ1v) is 14.2. The number of carbonyl (C=O) groups is 1. The average Bonchev–Trinajstić information content (AvgIpc) is 3.37. The molecule has 6 nitrogen and oxygen atoms in total. The fraction of sp³-hybridized carbons (Fsp3) is 0.194. The second kappa shape index (κ2) is 10.8. The number of hydrogen-bond donors (Lipinski definition) is 0. The zero-order valence-electron chi connectivity index (χ0n) is 22.6. The Morgan fingerprint density at radius 2 is 1.76 bits per heavy atom. The number of thiazole rings is 1. The summed E-state index contributed by atoms with van der Waals surface area (Å²) < 4.78 is 37.7. The number of ketones is 1. The molecule has 41 heavy (non-hydrogen) atoms. The molecular weight excluding hydrogens is 614 g/mol. The summed E-state index contributed by atoms with van der Waals surface area (Å²) >= 11 is 4.01. The van der Waals surface area contributed by atoms with Crippen molar-refractivity contribution in [3.05, 3.63) is 123 Å². The summed E-state index contributed by atoms with van der Waals surface area (Å²) in [5.41, 5.74) is 2.11. The Bertz CT molecular complexity index is 2060. The van der Waals surface area contributed by atoms with Crippen molar-refractivity contribution in [3.8, 4) is 0 Å². The molecule has 0 fully saturated rings. The monoisotopic (exact) mass is 638 g/mol. The molecule has 0 radical (unpaired) electrons. The fourth-order valence-corrected chi connectivity index (χ4v) is 5.76. The van der Waals surface area contributed by atoms with Crippen LogP contribution in [0.5, 0.6) is 0 Å². The summed E-state index contributed by atoms with van der Waals surface area (Å²) in [5, 5.41) is 0. The van der Waals surface area contributed by atoms with E-state index in [1.165, 1.54) is 21.3 Å². The van der Waals surface area contributed by atoms with Crippen LogP contribution in [0.1, 0.15) is 47.8 Å². The van der Waals surface area contributed by atoms with Gasteiger partial charge in [0.2, 0.25) is 0 Å². The Hall–Kier alpha value is -3.89. The Balaban J connectivity index is 1.66. The van der Waals surface area contributed by atoms with Crippen LogP contribution in [-0.2, 0) is 19.0 Å². The van der Waals surface area contributed by atoms with Crippen LogP contribution in [0.25, 0.3) is 23.3 Å². The van der Waals surface area contributed by atoms with E-state index in [4.69, 9.17) is 4.42 Å². The van der Waals surface area contributed by atoms with Crippen molar-refractivity contribution < 1.29 is 18.0 Å². The van der Waals surface area contributed by atoms with Gasteiger partial charge in [0.05, 0.1) is 21.1 Å². The van der Waals surface area contributed by atoms with Gasteiger partial charge >= 0.3 is 5.76 Å². The number of carbonyl (C=O) groups excluding carboxylic acids is 1. The summed E-state index contributed by atoms with van der Waals surface area (Å²) in [6, 6.07) is 14.7. The summed E-state index contributed by atoms with van der Waals surface area (Å²) in [6.45, 7) is 6.26. The van der Waals surface area contributed by atoms with Crippen LogP contribution in [0.4, 0.5) is 8.78 Å². The van der Waals surface area contributed by atoms with E-state index in [9.17, 15) is 23.2 Å². The fourth-order valence-electron chi connectivity index (χ4n) is 4.39. The second-order valence-corrected chi connectivity index (χ2v) is 12.6. The molecule has 10 heteroatoms. The van der Waals surface area contributed by atoms with Crippen LogP contribution >= 0.6 is 27.3 Å². The van der Waals surface area contributed by atoms with E-state index in [1.54, 1.807) is 37.4 Å². The van der Waals surface area contributed by atoms with Gasteiger partial charge in [-0.15, -0.1) is 11.3 Å². The molecule has 210 valence electrons. The first-order valence-electron chi connectivity index (χ1n) is 12.6. The van der Waals surface area contributed by atoms with E-state index in [1.807, 2.05) is 12.1 Å². The van der Waals surface area contributed by atoms with Gasteiger partial charge in [0.25, 0.3) is 5.56 Å². The van der Waals surface area contributed by atoms with E-state index in [2.05, 4.69) is 36.7 Å². The lowest BCUT2D eigenvalue weighted by atomic mass is 9.86. The zero-order valence-corrected chi connectivity index (χ0v) is 25.0. The third kappa shape index (κ3) is 5.67. The van der Waals surface area contributed by atoms with E-state index in [0.29, 0.717) is 26.9 Å². The highest BCUT2D eigenvalue weighted by atomic mass is 79.9. The van der Waals surface area contributed by atoms with Crippen molar-refractivity contribution in [2.45, 2.75) is 32.7 Å². The molecular formula is C31H25BrF2N2O4S. The van der Waals surface area contributed by atoms with E-state index >= 15 is 0 Å². The molecule has 5 aromatic rings. The van der Waals surface area contributed by atoms with E-state index < -0.39 is 22.9 Å². The molecule has 0 atom stereocenters. The number of oxazole rings is 1. The normalized spacial score (nSPS) is 13.0. The summed E-state index contributed by atoms with van der Waals surface area (Å²) in [7, 11) is 1.59. The number of Topliss-reactive ketones (excluding diaryl/α,β-unsaturated/α-hetero) is 1. The van der Waals surface area contributed by atoms with Crippen molar-refractivity contribution in [2.75, 3.05) is 0 Å². The van der Waals surface area contributed by atoms with Crippen LogP contribution in [0.15, 0.2) is 73.1 Å². The minimum absolute atomic E-state index is 0.0310. The van der Waals surface area contributed by atoms with Crippen LogP contribution in [0, 0.1) is 11.6 Å². The topological polar surface area (TPSA) is 74.2 Å². The molecule has 5 rings (SSSR count). The molecule has 0 aliphatic heterocycles. The predicted molar refractivity (Wildman–Crippen MR) is 160 cm³/mol. The maximum absolute atomic E-state index is 14.7. The highest BCUT2D eigenvalue weighted by molar-refractivity contribution is 9.10. The third-order valence-corrected chi connectivity index (χ3v) is 8.45. The lowest BCUT2D eigenvalue weighted by molar-refractivity contribution is 0.106. The van der Waals surface area contributed by atoms with Gasteiger partial charge < -0.3 is 4.42 Å². The van der Waals surface area contributed by atoms with Crippen molar-refractivity contribution in [1.29, 1.82) is 0 Å². The van der Waals surface area contributed by atoms with Crippen molar-refractivity contribution in [1.82, 2.24) is 9.13 Å². The number of rotatable bonds is 5. The van der Waals surface area contributed by atoms with Gasteiger partial charge in [-0.1, -0.05) is 51.1 Å². The third-order valence-electron chi connectivity index (χ3n) is 6.78. The van der Waals surface area contributed by atoms with E-state index in [-0.39, 0.29) is 32.3 Å². The van der Waals surface area contributed by atoms with Crippen molar-refractivity contribution >= 4 is 56.3 Å². The number of aryl methyl sites for hydroxylation is 1. The molecule has 3 aromatic carbocycles. The van der Waals surface area contributed by atoms with Crippen LogP contribution in [0.3, 0.4) is 0 Å². The number of halogens is 3. The van der Waals surface area contributed by atoms with Gasteiger partial charge in [-0.05, 0) is 62.8 Å². The molecule has 0 unspecified atom stereocenters. The smallest absolute Gasteiger partial charge is 0.408 e. The van der Waals surface area contributed by atoms with Gasteiger partial charge in [0.1, 0.15) is 16.3 Å². The summed E-state index contributed by atoms with van der Waals surface area (Å²) in [5.74, 6) is -2.50. The van der Waals surface area contributed by atoms with Crippen LogP contribution < -0.4 is 20.5 Å². The molecule has 0 aliphatic carbocycles. The zero-order chi connectivity index (χ0) is 29.6. The first kappa shape index (κ1) is 28.6.